The van der Waals surface area contributed by atoms with Crippen LogP contribution < -0.4 is 5.32 Å². The van der Waals surface area contributed by atoms with Gasteiger partial charge in [-0.15, -0.1) is 0 Å². The van der Waals surface area contributed by atoms with E-state index in [1.807, 2.05) is 6.92 Å². The number of rotatable bonds is 10. The molecule has 2 atom stereocenters. The molecule has 0 aliphatic carbocycles. The van der Waals surface area contributed by atoms with Gasteiger partial charge < -0.3 is 19.9 Å². The average molecular weight is 219 g/mol. The second-order valence-electron chi connectivity index (χ2n) is 3.76. The van der Waals surface area contributed by atoms with E-state index in [1.165, 1.54) is 0 Å². The smallest absolute Gasteiger partial charge is 0.0780 e. The highest BCUT2D eigenvalue weighted by molar-refractivity contribution is 4.64. The van der Waals surface area contributed by atoms with Gasteiger partial charge in [0.25, 0.3) is 0 Å². The molecule has 92 valence electrons. The van der Waals surface area contributed by atoms with Crippen molar-refractivity contribution < 1.29 is 14.6 Å². The predicted octanol–water partition coefficient (Wildman–Crippen LogP) is 0.788. The van der Waals surface area contributed by atoms with Gasteiger partial charge in [-0.2, -0.15) is 0 Å². The highest BCUT2D eigenvalue weighted by atomic mass is 16.5. The summed E-state index contributed by atoms with van der Waals surface area (Å²) in [6.45, 7) is 6.48. The standard InChI is InChI=1S/C11H25NO3/c1-4-6-12-11(8-13)5-7-15-10(2)9-14-3/h10-13H,4-9H2,1-3H3. The molecule has 0 bridgehead atoms. The van der Waals surface area contributed by atoms with Crippen molar-refractivity contribution >= 4 is 0 Å². The van der Waals surface area contributed by atoms with Gasteiger partial charge in [-0.3, -0.25) is 0 Å². The third-order valence-electron chi connectivity index (χ3n) is 2.17. The maximum atomic E-state index is 9.08. The number of ether oxygens (including phenoxy) is 2. The first-order valence-corrected chi connectivity index (χ1v) is 5.69. The first kappa shape index (κ1) is 14.8. The summed E-state index contributed by atoms with van der Waals surface area (Å²) >= 11 is 0. The van der Waals surface area contributed by atoms with Crippen molar-refractivity contribution in [3.63, 3.8) is 0 Å². The molecule has 0 spiro atoms. The SMILES string of the molecule is CCCNC(CO)CCOC(C)COC. The molecular weight excluding hydrogens is 194 g/mol. The fourth-order valence-corrected chi connectivity index (χ4v) is 1.30. The molecule has 2 N–H and O–H groups in total. The number of aliphatic hydroxyl groups excluding tert-OH is 1. The summed E-state index contributed by atoms with van der Waals surface area (Å²) in [4.78, 5) is 0. The maximum Gasteiger partial charge on any atom is 0.0780 e. The normalized spacial score (nSPS) is 15.2. The van der Waals surface area contributed by atoms with Crippen LogP contribution in [-0.2, 0) is 9.47 Å². The van der Waals surface area contributed by atoms with Gasteiger partial charge in [0.05, 0.1) is 19.3 Å². The lowest BCUT2D eigenvalue weighted by atomic mass is 10.2. The molecule has 0 aromatic rings. The van der Waals surface area contributed by atoms with Gasteiger partial charge in [-0.25, -0.2) is 0 Å². The van der Waals surface area contributed by atoms with E-state index in [-0.39, 0.29) is 18.8 Å². The molecule has 0 saturated carbocycles. The van der Waals surface area contributed by atoms with E-state index in [0.717, 1.165) is 19.4 Å². The quantitative estimate of drug-likeness (QED) is 0.570. The number of hydrogen-bond acceptors (Lipinski definition) is 4. The Bertz CT molecular complexity index is 133. The van der Waals surface area contributed by atoms with Crippen LogP contribution in [0.15, 0.2) is 0 Å². The van der Waals surface area contributed by atoms with E-state index < -0.39 is 0 Å². The van der Waals surface area contributed by atoms with Crippen LogP contribution in [0.4, 0.5) is 0 Å². The zero-order chi connectivity index (χ0) is 11.5. The molecule has 4 heteroatoms. The zero-order valence-corrected chi connectivity index (χ0v) is 10.2. The van der Waals surface area contributed by atoms with Crippen molar-refractivity contribution in [3.05, 3.63) is 0 Å². The van der Waals surface area contributed by atoms with Crippen LogP contribution in [0.1, 0.15) is 26.7 Å². The van der Waals surface area contributed by atoms with E-state index in [4.69, 9.17) is 14.6 Å². The summed E-state index contributed by atoms with van der Waals surface area (Å²) in [6, 6.07) is 0.152. The molecular formula is C11H25NO3. The van der Waals surface area contributed by atoms with Crippen LogP contribution in [0, 0.1) is 0 Å². The lowest BCUT2D eigenvalue weighted by Gasteiger charge is -2.17. The number of methoxy groups -OCH3 is 1. The second-order valence-corrected chi connectivity index (χ2v) is 3.76. The summed E-state index contributed by atoms with van der Waals surface area (Å²) in [6.07, 6.45) is 2.04. The summed E-state index contributed by atoms with van der Waals surface area (Å²) in [7, 11) is 1.67. The van der Waals surface area contributed by atoms with Crippen LogP contribution in [0.3, 0.4) is 0 Å². The predicted molar refractivity (Wildman–Crippen MR) is 61.1 cm³/mol. The van der Waals surface area contributed by atoms with Gasteiger partial charge in [0.1, 0.15) is 0 Å². The molecule has 0 aliphatic heterocycles. The second kappa shape index (κ2) is 10.4. The van der Waals surface area contributed by atoms with Gasteiger partial charge in [0.15, 0.2) is 0 Å². The van der Waals surface area contributed by atoms with Gasteiger partial charge in [-0.05, 0) is 26.3 Å². The minimum absolute atomic E-state index is 0.125. The first-order chi connectivity index (χ1) is 7.24. The summed E-state index contributed by atoms with van der Waals surface area (Å²) in [5, 5.41) is 12.3. The molecule has 15 heavy (non-hydrogen) atoms. The van der Waals surface area contributed by atoms with Crippen molar-refractivity contribution in [2.45, 2.75) is 38.8 Å². The highest BCUT2D eigenvalue weighted by Crippen LogP contribution is 1.97. The molecule has 0 heterocycles. The molecule has 0 fully saturated rings. The molecule has 0 saturated heterocycles. The van der Waals surface area contributed by atoms with Gasteiger partial charge in [0.2, 0.25) is 0 Å². The molecule has 0 rings (SSSR count). The highest BCUT2D eigenvalue weighted by Gasteiger charge is 2.07. The van der Waals surface area contributed by atoms with E-state index in [1.54, 1.807) is 7.11 Å². The Morgan fingerprint density at radius 1 is 1.40 bits per heavy atom. The van der Waals surface area contributed by atoms with Crippen LogP contribution >= 0.6 is 0 Å². The van der Waals surface area contributed by atoms with Crippen molar-refractivity contribution in [2.24, 2.45) is 0 Å². The molecule has 0 aromatic heterocycles. The zero-order valence-electron chi connectivity index (χ0n) is 10.2. The minimum Gasteiger partial charge on any atom is -0.395 e. The summed E-state index contributed by atoms with van der Waals surface area (Å²) < 4.78 is 10.5. The third-order valence-corrected chi connectivity index (χ3v) is 2.17. The first-order valence-electron chi connectivity index (χ1n) is 5.69. The number of nitrogens with one attached hydrogen (secondary N) is 1. The molecule has 0 aromatic carbocycles. The third kappa shape index (κ3) is 8.81. The molecule has 0 amide bonds. The largest absolute Gasteiger partial charge is 0.395 e. The molecule has 0 radical (unpaired) electrons. The lowest BCUT2D eigenvalue weighted by molar-refractivity contribution is 0.00382. The fourth-order valence-electron chi connectivity index (χ4n) is 1.30. The average Bonchev–Trinajstić information content (AvgIpc) is 2.23. The van der Waals surface area contributed by atoms with Crippen molar-refractivity contribution in [1.29, 1.82) is 0 Å². The van der Waals surface area contributed by atoms with E-state index >= 15 is 0 Å². The van der Waals surface area contributed by atoms with Gasteiger partial charge in [-0.1, -0.05) is 6.92 Å². The minimum atomic E-state index is 0.125. The van der Waals surface area contributed by atoms with Crippen molar-refractivity contribution in [3.8, 4) is 0 Å². The van der Waals surface area contributed by atoms with Crippen LogP contribution in [0.25, 0.3) is 0 Å². The summed E-state index contributed by atoms with van der Waals surface area (Å²) in [5.41, 5.74) is 0. The Kier molecular flexibility index (Phi) is 10.3. The van der Waals surface area contributed by atoms with Crippen molar-refractivity contribution in [1.82, 2.24) is 5.32 Å². The van der Waals surface area contributed by atoms with E-state index in [9.17, 15) is 0 Å². The van der Waals surface area contributed by atoms with Crippen LogP contribution in [-0.4, -0.2) is 50.7 Å². The summed E-state index contributed by atoms with van der Waals surface area (Å²) in [5.74, 6) is 0. The molecule has 2 unspecified atom stereocenters. The lowest BCUT2D eigenvalue weighted by Crippen LogP contribution is -2.34. The number of hydrogen-bond donors (Lipinski definition) is 2. The Morgan fingerprint density at radius 2 is 2.13 bits per heavy atom. The van der Waals surface area contributed by atoms with E-state index in [2.05, 4.69) is 12.2 Å². The maximum absolute atomic E-state index is 9.08. The Hall–Kier alpha value is -0.160. The fraction of sp³-hybridized carbons (Fsp3) is 1.00. The molecule has 0 aliphatic rings. The van der Waals surface area contributed by atoms with Crippen LogP contribution in [0.2, 0.25) is 0 Å². The van der Waals surface area contributed by atoms with Crippen LogP contribution in [0.5, 0.6) is 0 Å². The van der Waals surface area contributed by atoms with Gasteiger partial charge in [0, 0.05) is 19.8 Å². The van der Waals surface area contributed by atoms with E-state index in [0.29, 0.717) is 13.2 Å². The Labute approximate surface area is 93.0 Å². The molecule has 4 nitrogen and oxygen atoms in total. The number of aliphatic hydroxyl groups is 1. The Morgan fingerprint density at radius 3 is 2.67 bits per heavy atom. The Balaban J connectivity index is 3.44. The monoisotopic (exact) mass is 219 g/mol. The topological polar surface area (TPSA) is 50.7 Å². The van der Waals surface area contributed by atoms with Crippen molar-refractivity contribution in [2.75, 3.05) is 33.5 Å². The van der Waals surface area contributed by atoms with Gasteiger partial charge >= 0.3 is 0 Å².